The maximum Gasteiger partial charge on any atom is 0.120 e. The molecule has 5 atom stereocenters. The van der Waals surface area contributed by atoms with E-state index in [4.69, 9.17) is 37.9 Å². The fraction of sp³-hybridized carbons (Fsp3) is 0.429. The lowest BCUT2D eigenvalue weighted by atomic mass is 10.1. The van der Waals surface area contributed by atoms with E-state index in [0.717, 1.165) is 57.8 Å². The summed E-state index contributed by atoms with van der Waals surface area (Å²) in [6, 6.07) is 24.3. The molecule has 5 unspecified atom stereocenters. The third kappa shape index (κ3) is 8.97. The van der Waals surface area contributed by atoms with E-state index in [9.17, 15) is 0 Å². The van der Waals surface area contributed by atoms with Gasteiger partial charge < -0.3 is 37.9 Å². The third-order valence-corrected chi connectivity index (χ3v) is 7.24. The molecular weight excluding hydrogens is 548 g/mol. The molecule has 2 saturated heterocycles. The summed E-state index contributed by atoms with van der Waals surface area (Å²) in [7, 11) is 0. The van der Waals surface area contributed by atoms with Gasteiger partial charge in [-0.25, -0.2) is 0 Å². The maximum absolute atomic E-state index is 6.13. The first-order valence-electron chi connectivity index (χ1n) is 15.1. The Morgan fingerprint density at radius 2 is 0.977 bits per heavy atom. The van der Waals surface area contributed by atoms with Gasteiger partial charge in [0.15, 0.2) is 0 Å². The zero-order chi connectivity index (χ0) is 29.6. The van der Waals surface area contributed by atoms with Crippen molar-refractivity contribution in [2.75, 3.05) is 46.2 Å². The molecule has 0 aromatic heterocycles. The first-order chi connectivity index (χ1) is 21.0. The second kappa shape index (κ2) is 13.8. The van der Waals surface area contributed by atoms with Crippen LogP contribution in [0.15, 0.2) is 72.8 Å². The van der Waals surface area contributed by atoms with Crippen LogP contribution in [0.4, 0.5) is 0 Å². The molecule has 4 aromatic carbocycles. The second-order valence-corrected chi connectivity index (χ2v) is 11.4. The van der Waals surface area contributed by atoms with Crippen LogP contribution in [-0.4, -0.2) is 76.8 Å². The molecule has 6 rings (SSSR count). The summed E-state index contributed by atoms with van der Waals surface area (Å²) in [4.78, 5) is 0. The SMILES string of the molecule is CC(COCC(C)Oc1ccc2ccc(OCC3CO3)cc2c1)OCC(C)Oc1ccc2ccc(OCC3CO3)cc2c1. The number of rotatable bonds is 17. The number of ether oxygens (including phenoxy) is 8. The van der Waals surface area contributed by atoms with Crippen molar-refractivity contribution >= 4 is 21.5 Å². The summed E-state index contributed by atoms with van der Waals surface area (Å²) < 4.78 is 46.2. The van der Waals surface area contributed by atoms with Gasteiger partial charge >= 0.3 is 0 Å². The van der Waals surface area contributed by atoms with Gasteiger partial charge in [-0.05, 0) is 90.8 Å². The van der Waals surface area contributed by atoms with E-state index in [0.29, 0.717) is 33.0 Å². The Morgan fingerprint density at radius 1 is 0.558 bits per heavy atom. The van der Waals surface area contributed by atoms with Crippen LogP contribution in [0, 0.1) is 0 Å². The third-order valence-electron chi connectivity index (χ3n) is 7.24. The molecule has 0 spiro atoms. The van der Waals surface area contributed by atoms with Crippen LogP contribution in [-0.2, 0) is 18.9 Å². The molecule has 43 heavy (non-hydrogen) atoms. The van der Waals surface area contributed by atoms with Crippen LogP contribution in [0.25, 0.3) is 21.5 Å². The van der Waals surface area contributed by atoms with E-state index >= 15 is 0 Å². The molecule has 2 heterocycles. The van der Waals surface area contributed by atoms with E-state index in [1.54, 1.807) is 0 Å². The Bertz CT molecular complexity index is 1500. The van der Waals surface area contributed by atoms with Crippen LogP contribution in [0.5, 0.6) is 23.0 Å². The quantitative estimate of drug-likeness (QED) is 0.135. The average molecular weight is 589 g/mol. The van der Waals surface area contributed by atoms with Gasteiger partial charge in [-0.15, -0.1) is 0 Å². The molecule has 2 aliphatic heterocycles. The largest absolute Gasteiger partial charge is 0.491 e. The monoisotopic (exact) mass is 588 g/mol. The Hall–Kier alpha value is -3.56. The standard InChI is InChI=1S/C35H40O8/c1-23(37-18-25(3)43-33-11-7-27-5-9-31(13-29(27)15-33)39-20-35-22-41-35)16-36-17-24(2)42-32-10-6-26-4-8-30(12-28(26)14-32)38-19-34-21-40-34/h4-15,23-25,34-35H,16-22H2,1-3H3. The number of hydrogen-bond acceptors (Lipinski definition) is 8. The Kier molecular flexibility index (Phi) is 9.48. The van der Waals surface area contributed by atoms with Crippen molar-refractivity contribution in [2.24, 2.45) is 0 Å². The lowest BCUT2D eigenvalue weighted by Gasteiger charge is -2.20. The molecule has 2 aliphatic rings. The summed E-state index contributed by atoms with van der Waals surface area (Å²) in [6.45, 7) is 10.1. The van der Waals surface area contributed by atoms with Gasteiger partial charge in [0.05, 0.1) is 39.1 Å². The van der Waals surface area contributed by atoms with Gasteiger partial charge in [0.1, 0.15) is 60.6 Å². The van der Waals surface area contributed by atoms with Crippen molar-refractivity contribution in [2.45, 2.75) is 51.3 Å². The summed E-state index contributed by atoms with van der Waals surface area (Å²) in [5, 5.41) is 4.41. The molecule has 0 N–H and O–H groups in total. The number of fused-ring (bicyclic) bond motifs is 2. The highest BCUT2D eigenvalue weighted by Crippen LogP contribution is 2.28. The van der Waals surface area contributed by atoms with Crippen molar-refractivity contribution < 1.29 is 37.9 Å². The Balaban J connectivity index is 0.901. The average Bonchev–Trinajstić information content (AvgIpc) is 3.93. The molecule has 8 nitrogen and oxygen atoms in total. The molecule has 0 bridgehead atoms. The predicted molar refractivity (Wildman–Crippen MR) is 165 cm³/mol. The van der Waals surface area contributed by atoms with Gasteiger partial charge in [-0.1, -0.05) is 24.3 Å². The lowest BCUT2D eigenvalue weighted by Crippen LogP contribution is -2.27. The van der Waals surface area contributed by atoms with E-state index in [-0.39, 0.29) is 30.5 Å². The summed E-state index contributed by atoms with van der Waals surface area (Å²) in [6.07, 6.45) is 0.155. The molecule has 0 saturated carbocycles. The highest BCUT2D eigenvalue weighted by molar-refractivity contribution is 5.86. The van der Waals surface area contributed by atoms with Gasteiger partial charge in [-0.2, -0.15) is 0 Å². The molecule has 0 radical (unpaired) electrons. The van der Waals surface area contributed by atoms with Crippen molar-refractivity contribution in [3.05, 3.63) is 72.8 Å². The van der Waals surface area contributed by atoms with E-state index in [1.165, 1.54) is 0 Å². The first kappa shape index (κ1) is 29.5. The zero-order valence-electron chi connectivity index (χ0n) is 25.0. The van der Waals surface area contributed by atoms with E-state index in [1.807, 2.05) is 69.3 Å². The summed E-state index contributed by atoms with van der Waals surface area (Å²) in [5.41, 5.74) is 0. The Labute approximate surface area is 252 Å². The summed E-state index contributed by atoms with van der Waals surface area (Å²) >= 11 is 0. The topological polar surface area (TPSA) is 80.4 Å². The minimum atomic E-state index is -0.116. The van der Waals surface area contributed by atoms with E-state index < -0.39 is 0 Å². The van der Waals surface area contributed by atoms with Crippen LogP contribution < -0.4 is 18.9 Å². The molecular formula is C35H40O8. The number of epoxide rings is 2. The molecule has 0 aliphatic carbocycles. The second-order valence-electron chi connectivity index (χ2n) is 11.4. The summed E-state index contributed by atoms with van der Waals surface area (Å²) in [5.74, 6) is 3.27. The maximum atomic E-state index is 6.13. The molecule has 4 aromatic rings. The van der Waals surface area contributed by atoms with Gasteiger partial charge in [0.2, 0.25) is 0 Å². The minimum Gasteiger partial charge on any atom is -0.491 e. The minimum absolute atomic E-state index is 0.0786. The molecule has 0 amide bonds. The Morgan fingerprint density at radius 3 is 1.47 bits per heavy atom. The number of benzene rings is 4. The van der Waals surface area contributed by atoms with Gasteiger partial charge in [0, 0.05) is 0 Å². The highest BCUT2D eigenvalue weighted by Gasteiger charge is 2.23. The normalized spacial score (nSPS) is 19.5. The van der Waals surface area contributed by atoms with Crippen molar-refractivity contribution in [1.82, 2.24) is 0 Å². The first-order valence-corrected chi connectivity index (χ1v) is 15.1. The zero-order valence-corrected chi connectivity index (χ0v) is 25.0. The molecule has 228 valence electrons. The van der Waals surface area contributed by atoms with Gasteiger partial charge in [-0.3, -0.25) is 0 Å². The van der Waals surface area contributed by atoms with Crippen LogP contribution in [0.3, 0.4) is 0 Å². The van der Waals surface area contributed by atoms with Crippen molar-refractivity contribution in [1.29, 1.82) is 0 Å². The van der Waals surface area contributed by atoms with Crippen LogP contribution >= 0.6 is 0 Å². The molecule has 2 fully saturated rings. The van der Waals surface area contributed by atoms with Crippen LogP contribution in [0.2, 0.25) is 0 Å². The fourth-order valence-electron chi connectivity index (χ4n) is 4.72. The van der Waals surface area contributed by atoms with Crippen LogP contribution in [0.1, 0.15) is 20.8 Å². The van der Waals surface area contributed by atoms with Gasteiger partial charge in [0.25, 0.3) is 0 Å². The molecule has 8 heteroatoms. The van der Waals surface area contributed by atoms with Crippen molar-refractivity contribution in [3.63, 3.8) is 0 Å². The smallest absolute Gasteiger partial charge is 0.120 e. The fourth-order valence-corrected chi connectivity index (χ4v) is 4.72. The number of hydrogen-bond donors (Lipinski definition) is 0. The highest BCUT2D eigenvalue weighted by atomic mass is 16.6. The van der Waals surface area contributed by atoms with E-state index in [2.05, 4.69) is 24.3 Å². The lowest BCUT2D eigenvalue weighted by molar-refractivity contribution is -0.0428. The van der Waals surface area contributed by atoms with Crippen molar-refractivity contribution in [3.8, 4) is 23.0 Å². The predicted octanol–water partition coefficient (Wildman–Crippen LogP) is 6.20.